The van der Waals surface area contributed by atoms with Crippen LogP contribution < -0.4 is 9.47 Å². The summed E-state index contributed by atoms with van der Waals surface area (Å²) in [5.41, 5.74) is 4.27. The maximum absolute atomic E-state index is 9.81. The summed E-state index contributed by atoms with van der Waals surface area (Å²) in [6.07, 6.45) is 1.91. The normalized spacial score (nSPS) is 13.0. The minimum absolute atomic E-state index is 0.0964. The summed E-state index contributed by atoms with van der Waals surface area (Å²) < 4.78 is 13.6. The molecule has 112 valence electrons. The first kappa shape index (κ1) is 13.6. The number of imidazole rings is 1. The second-order valence-electron chi connectivity index (χ2n) is 5.17. The molecule has 0 saturated carbocycles. The summed E-state index contributed by atoms with van der Waals surface area (Å²) in [5, 5.41) is 9.81. The van der Waals surface area contributed by atoms with E-state index in [9.17, 15) is 5.11 Å². The summed E-state index contributed by atoms with van der Waals surface area (Å²) in [5.74, 6) is 1.44. The third kappa shape index (κ3) is 1.99. The number of rotatable bonds is 2. The molecule has 1 aliphatic heterocycles. The van der Waals surface area contributed by atoms with Crippen LogP contribution in [-0.4, -0.2) is 21.3 Å². The van der Waals surface area contributed by atoms with Crippen LogP contribution in [0, 0.1) is 6.92 Å². The zero-order valence-corrected chi connectivity index (χ0v) is 13.4. The first-order chi connectivity index (χ1) is 10.7. The van der Waals surface area contributed by atoms with E-state index in [0.717, 1.165) is 38.4 Å². The molecule has 3 heterocycles. The average Bonchev–Trinajstić information content (AvgIpc) is 3.09. The van der Waals surface area contributed by atoms with E-state index in [1.165, 1.54) is 0 Å². The fourth-order valence-electron chi connectivity index (χ4n) is 2.74. The van der Waals surface area contributed by atoms with Crippen LogP contribution in [0.4, 0.5) is 0 Å². The number of benzene rings is 1. The molecule has 22 heavy (non-hydrogen) atoms. The van der Waals surface area contributed by atoms with E-state index in [1.54, 1.807) is 0 Å². The molecule has 0 bridgehead atoms. The third-order valence-corrected chi connectivity index (χ3v) is 4.20. The first-order valence-corrected chi connectivity index (χ1v) is 7.64. The van der Waals surface area contributed by atoms with Crippen molar-refractivity contribution in [2.45, 2.75) is 13.5 Å². The summed E-state index contributed by atoms with van der Waals surface area (Å²) in [6, 6.07) is 7.70. The highest BCUT2D eigenvalue weighted by atomic mass is 79.9. The van der Waals surface area contributed by atoms with Crippen LogP contribution in [0.2, 0.25) is 0 Å². The Morgan fingerprint density at radius 3 is 2.91 bits per heavy atom. The van der Waals surface area contributed by atoms with Gasteiger partial charge in [0.05, 0.1) is 18.0 Å². The second-order valence-corrected chi connectivity index (χ2v) is 6.08. The van der Waals surface area contributed by atoms with Crippen molar-refractivity contribution < 1.29 is 14.6 Å². The topological polar surface area (TPSA) is 56.0 Å². The highest BCUT2D eigenvalue weighted by Crippen LogP contribution is 2.37. The van der Waals surface area contributed by atoms with Crippen molar-refractivity contribution in [3.63, 3.8) is 0 Å². The van der Waals surface area contributed by atoms with Crippen LogP contribution in [0.5, 0.6) is 11.5 Å². The zero-order valence-electron chi connectivity index (χ0n) is 11.8. The van der Waals surface area contributed by atoms with Gasteiger partial charge in [0.1, 0.15) is 5.65 Å². The molecule has 0 spiro atoms. The van der Waals surface area contributed by atoms with Gasteiger partial charge in [0.2, 0.25) is 6.79 Å². The summed E-state index contributed by atoms with van der Waals surface area (Å²) in [6.45, 7) is 2.14. The SMILES string of the molecule is Cc1cc(Br)cn2c(CO)c(-c3ccc4c(c3)OCO4)nc12. The predicted molar refractivity (Wildman–Crippen MR) is 85.1 cm³/mol. The Morgan fingerprint density at radius 2 is 2.09 bits per heavy atom. The van der Waals surface area contributed by atoms with Gasteiger partial charge < -0.3 is 14.6 Å². The molecule has 0 saturated heterocycles. The maximum Gasteiger partial charge on any atom is 0.231 e. The Kier molecular flexibility index (Phi) is 3.09. The lowest BCUT2D eigenvalue weighted by Crippen LogP contribution is -1.95. The molecular formula is C16H13BrN2O3. The summed E-state index contributed by atoms with van der Waals surface area (Å²) in [7, 11) is 0. The molecular weight excluding hydrogens is 348 g/mol. The molecule has 0 radical (unpaired) electrons. The molecule has 4 rings (SSSR count). The number of fused-ring (bicyclic) bond motifs is 2. The lowest BCUT2D eigenvalue weighted by molar-refractivity contribution is 0.174. The Morgan fingerprint density at radius 1 is 1.27 bits per heavy atom. The van der Waals surface area contributed by atoms with E-state index in [0.29, 0.717) is 5.75 Å². The van der Waals surface area contributed by atoms with Crippen molar-refractivity contribution in [2.24, 2.45) is 0 Å². The molecule has 3 aromatic rings. The molecule has 1 N–H and O–H groups in total. The summed E-state index contributed by atoms with van der Waals surface area (Å²) in [4.78, 5) is 4.71. The van der Waals surface area contributed by atoms with Gasteiger partial charge in [-0.1, -0.05) is 0 Å². The van der Waals surface area contributed by atoms with Crippen LogP contribution in [-0.2, 0) is 6.61 Å². The molecule has 5 nitrogen and oxygen atoms in total. The Hall–Kier alpha value is -2.05. The van der Waals surface area contributed by atoms with Crippen molar-refractivity contribution in [1.82, 2.24) is 9.38 Å². The number of nitrogens with zero attached hydrogens (tertiary/aromatic N) is 2. The van der Waals surface area contributed by atoms with Crippen molar-refractivity contribution in [1.29, 1.82) is 0 Å². The molecule has 1 aliphatic rings. The predicted octanol–water partition coefficient (Wildman–Crippen LogP) is 3.29. The van der Waals surface area contributed by atoms with Gasteiger partial charge in [-0.15, -0.1) is 0 Å². The van der Waals surface area contributed by atoms with Gasteiger partial charge >= 0.3 is 0 Å². The molecule has 0 atom stereocenters. The van der Waals surface area contributed by atoms with Crippen molar-refractivity contribution in [3.8, 4) is 22.8 Å². The number of aryl methyl sites for hydroxylation is 1. The third-order valence-electron chi connectivity index (χ3n) is 3.77. The molecule has 0 unspecified atom stereocenters. The number of ether oxygens (including phenoxy) is 2. The fraction of sp³-hybridized carbons (Fsp3) is 0.188. The van der Waals surface area contributed by atoms with Gasteiger partial charge in [-0.25, -0.2) is 4.98 Å². The van der Waals surface area contributed by atoms with Crippen LogP contribution in [0.15, 0.2) is 34.9 Å². The van der Waals surface area contributed by atoms with Crippen molar-refractivity contribution >= 4 is 21.6 Å². The monoisotopic (exact) mass is 360 g/mol. The Labute approximate surface area is 135 Å². The fourth-order valence-corrected chi connectivity index (χ4v) is 3.29. The van der Waals surface area contributed by atoms with E-state index >= 15 is 0 Å². The quantitative estimate of drug-likeness (QED) is 0.761. The number of hydrogen-bond donors (Lipinski definition) is 1. The van der Waals surface area contributed by atoms with E-state index < -0.39 is 0 Å². The maximum atomic E-state index is 9.81. The minimum Gasteiger partial charge on any atom is -0.454 e. The standard InChI is InChI=1S/C16H13BrN2O3/c1-9-4-11(17)6-19-12(7-20)15(18-16(9)19)10-2-3-13-14(5-10)22-8-21-13/h2-6,20H,7-8H2,1H3. The molecule has 1 aromatic carbocycles. The van der Waals surface area contributed by atoms with Crippen molar-refractivity contribution in [2.75, 3.05) is 6.79 Å². The van der Waals surface area contributed by atoms with Gasteiger partial charge in [-0.05, 0) is 52.7 Å². The van der Waals surface area contributed by atoms with Gasteiger partial charge in [0.25, 0.3) is 0 Å². The Balaban J connectivity index is 1.96. The number of aliphatic hydroxyl groups is 1. The minimum atomic E-state index is -0.0964. The molecule has 0 fully saturated rings. The summed E-state index contributed by atoms with van der Waals surface area (Å²) >= 11 is 3.49. The van der Waals surface area contributed by atoms with Crippen LogP contribution in [0.25, 0.3) is 16.9 Å². The van der Waals surface area contributed by atoms with Crippen molar-refractivity contribution in [3.05, 3.63) is 46.2 Å². The number of hydrogen-bond acceptors (Lipinski definition) is 4. The van der Waals surface area contributed by atoms with E-state index in [1.807, 2.05) is 41.8 Å². The van der Waals surface area contributed by atoms with Gasteiger partial charge in [0, 0.05) is 16.2 Å². The van der Waals surface area contributed by atoms with Crippen LogP contribution >= 0.6 is 15.9 Å². The number of aliphatic hydroxyl groups excluding tert-OH is 1. The smallest absolute Gasteiger partial charge is 0.231 e. The molecule has 2 aromatic heterocycles. The Bertz CT molecular complexity index is 889. The number of pyridine rings is 1. The lowest BCUT2D eigenvalue weighted by atomic mass is 10.1. The van der Waals surface area contributed by atoms with E-state index in [2.05, 4.69) is 15.9 Å². The van der Waals surface area contributed by atoms with Gasteiger partial charge in [-0.2, -0.15) is 0 Å². The first-order valence-electron chi connectivity index (χ1n) is 6.85. The lowest BCUT2D eigenvalue weighted by Gasteiger charge is -2.04. The number of aromatic nitrogens is 2. The van der Waals surface area contributed by atoms with E-state index in [-0.39, 0.29) is 13.4 Å². The van der Waals surface area contributed by atoms with Gasteiger partial charge in [0.15, 0.2) is 11.5 Å². The molecule has 0 aliphatic carbocycles. The van der Waals surface area contributed by atoms with Crippen LogP contribution in [0.1, 0.15) is 11.3 Å². The highest BCUT2D eigenvalue weighted by Gasteiger charge is 2.19. The zero-order chi connectivity index (χ0) is 15.3. The molecule has 0 amide bonds. The van der Waals surface area contributed by atoms with E-state index in [4.69, 9.17) is 14.5 Å². The van der Waals surface area contributed by atoms with Crippen LogP contribution in [0.3, 0.4) is 0 Å². The molecule has 6 heteroatoms. The van der Waals surface area contributed by atoms with Gasteiger partial charge in [-0.3, -0.25) is 4.40 Å². The highest BCUT2D eigenvalue weighted by molar-refractivity contribution is 9.10. The largest absolute Gasteiger partial charge is 0.454 e. The number of halogens is 1. The second kappa shape index (κ2) is 5.00. The average molecular weight is 361 g/mol.